The van der Waals surface area contributed by atoms with Gasteiger partial charge in [-0.05, 0) is 47.6 Å². The average molecular weight is 307 g/mol. The highest BCUT2D eigenvalue weighted by Gasteiger charge is 2.26. The molecule has 0 spiro atoms. The maximum atomic E-state index is 3.58. The second kappa shape index (κ2) is 6.39. The molecule has 0 saturated heterocycles. The van der Waals surface area contributed by atoms with E-state index in [-0.39, 0.29) is 0 Å². The molecule has 1 aliphatic heterocycles. The predicted octanol–water partition coefficient (Wildman–Crippen LogP) is 5.55. The molecule has 2 heteroatoms. The van der Waals surface area contributed by atoms with Crippen LogP contribution in [0.25, 0.3) is 10.5 Å². The van der Waals surface area contributed by atoms with Gasteiger partial charge < -0.3 is 0 Å². The SMILES string of the molecule is CC=C(c1ccccc1)S1(NC)C=CC(c2ccccc2)=C1. The van der Waals surface area contributed by atoms with Gasteiger partial charge in [0.2, 0.25) is 0 Å². The largest absolute Gasteiger partial charge is 0.274 e. The highest BCUT2D eigenvalue weighted by molar-refractivity contribution is 8.44. The maximum absolute atomic E-state index is 3.58. The Morgan fingerprint density at radius 1 is 0.955 bits per heavy atom. The fourth-order valence-corrected chi connectivity index (χ4v) is 5.51. The van der Waals surface area contributed by atoms with Crippen LogP contribution in [0, 0.1) is 0 Å². The van der Waals surface area contributed by atoms with Gasteiger partial charge in [-0.1, -0.05) is 66.7 Å². The van der Waals surface area contributed by atoms with Crippen LogP contribution in [0.4, 0.5) is 0 Å². The van der Waals surface area contributed by atoms with Crippen molar-refractivity contribution in [2.24, 2.45) is 0 Å². The van der Waals surface area contributed by atoms with Crippen molar-refractivity contribution < 1.29 is 0 Å². The standard InChI is InChI=1S/C20H21NS/c1-3-20(18-12-8-5-9-13-18)22(21-2)15-14-19(16-22)17-10-6-4-7-11-17/h3-16,21H,1-2H3. The molecule has 2 aromatic carbocycles. The fourth-order valence-electron chi connectivity index (χ4n) is 2.79. The molecular weight excluding hydrogens is 286 g/mol. The number of hydrogen-bond acceptors (Lipinski definition) is 1. The monoisotopic (exact) mass is 307 g/mol. The van der Waals surface area contributed by atoms with Crippen molar-refractivity contribution in [3.63, 3.8) is 0 Å². The molecule has 22 heavy (non-hydrogen) atoms. The number of benzene rings is 2. The van der Waals surface area contributed by atoms with Crippen LogP contribution in [-0.4, -0.2) is 7.05 Å². The minimum absolute atomic E-state index is 1.27. The Morgan fingerprint density at radius 2 is 1.59 bits per heavy atom. The Labute approximate surface area is 134 Å². The zero-order chi connectivity index (χ0) is 15.4. The summed E-state index contributed by atoms with van der Waals surface area (Å²) in [7, 11) is 0.780. The van der Waals surface area contributed by atoms with Crippen molar-refractivity contribution in [1.29, 1.82) is 0 Å². The number of rotatable bonds is 4. The third kappa shape index (κ3) is 2.68. The lowest BCUT2D eigenvalue weighted by Gasteiger charge is -2.34. The first kappa shape index (κ1) is 14.9. The molecule has 3 rings (SSSR count). The molecule has 1 atom stereocenters. The van der Waals surface area contributed by atoms with E-state index in [1.807, 2.05) is 0 Å². The van der Waals surface area contributed by atoms with Gasteiger partial charge in [0.15, 0.2) is 0 Å². The van der Waals surface area contributed by atoms with Crippen LogP contribution in [0.1, 0.15) is 18.1 Å². The molecule has 0 fully saturated rings. The van der Waals surface area contributed by atoms with Gasteiger partial charge in [-0.15, -0.1) is 10.2 Å². The summed E-state index contributed by atoms with van der Waals surface area (Å²) < 4.78 is 3.58. The molecule has 1 N–H and O–H groups in total. The second-order valence-electron chi connectivity index (χ2n) is 5.17. The molecule has 0 amide bonds. The quantitative estimate of drug-likeness (QED) is 0.780. The minimum Gasteiger partial charge on any atom is -0.274 e. The van der Waals surface area contributed by atoms with Crippen molar-refractivity contribution in [3.05, 3.63) is 94.8 Å². The lowest BCUT2D eigenvalue weighted by Crippen LogP contribution is -2.12. The first-order chi connectivity index (χ1) is 10.8. The Kier molecular flexibility index (Phi) is 4.32. The maximum Gasteiger partial charge on any atom is 0.0127 e. The van der Waals surface area contributed by atoms with Crippen molar-refractivity contribution in [2.75, 3.05) is 7.05 Å². The molecule has 1 unspecified atom stereocenters. The number of allylic oxidation sites excluding steroid dienone is 3. The molecule has 0 saturated carbocycles. The minimum atomic E-state index is -1.27. The fraction of sp³-hybridized carbons (Fsp3) is 0.100. The summed E-state index contributed by atoms with van der Waals surface area (Å²) in [5, 5.41) is 4.72. The van der Waals surface area contributed by atoms with Crippen LogP contribution < -0.4 is 4.72 Å². The Morgan fingerprint density at radius 3 is 2.18 bits per heavy atom. The van der Waals surface area contributed by atoms with E-state index in [4.69, 9.17) is 0 Å². The van der Waals surface area contributed by atoms with Gasteiger partial charge >= 0.3 is 0 Å². The van der Waals surface area contributed by atoms with Gasteiger partial charge in [0.25, 0.3) is 0 Å². The number of nitrogens with one attached hydrogen (secondary N) is 1. The second-order valence-corrected chi connectivity index (χ2v) is 7.95. The van der Waals surface area contributed by atoms with Gasteiger partial charge in [0.05, 0.1) is 0 Å². The summed E-state index contributed by atoms with van der Waals surface area (Å²) >= 11 is 0. The molecule has 0 aromatic heterocycles. The summed E-state index contributed by atoms with van der Waals surface area (Å²) in [6.45, 7) is 2.12. The molecule has 2 aromatic rings. The van der Waals surface area contributed by atoms with Gasteiger partial charge in [0.1, 0.15) is 0 Å². The molecule has 0 bridgehead atoms. The Balaban J connectivity index is 2.04. The molecule has 1 heterocycles. The first-order valence-electron chi connectivity index (χ1n) is 7.48. The summed E-state index contributed by atoms with van der Waals surface area (Å²) in [5.41, 5.74) is 3.84. The third-order valence-corrected chi connectivity index (χ3v) is 6.97. The van der Waals surface area contributed by atoms with Crippen LogP contribution in [0.2, 0.25) is 0 Å². The average Bonchev–Trinajstić information content (AvgIpc) is 3.03. The summed E-state index contributed by atoms with van der Waals surface area (Å²) in [6, 6.07) is 21.2. The summed E-state index contributed by atoms with van der Waals surface area (Å²) in [4.78, 5) is 1.36. The molecule has 0 aliphatic carbocycles. The van der Waals surface area contributed by atoms with Crippen molar-refractivity contribution >= 4 is 20.7 Å². The van der Waals surface area contributed by atoms with E-state index in [0.29, 0.717) is 0 Å². The Hall–Kier alpha value is -2.03. The van der Waals surface area contributed by atoms with Crippen LogP contribution >= 0.6 is 10.2 Å². The zero-order valence-corrected chi connectivity index (χ0v) is 13.8. The van der Waals surface area contributed by atoms with E-state index >= 15 is 0 Å². The van der Waals surface area contributed by atoms with Gasteiger partial charge in [0, 0.05) is 4.91 Å². The normalized spacial score (nSPS) is 23.9. The molecule has 112 valence electrons. The third-order valence-electron chi connectivity index (χ3n) is 3.90. The topological polar surface area (TPSA) is 12.0 Å². The Bertz CT molecular complexity index is 729. The highest BCUT2D eigenvalue weighted by atomic mass is 32.3. The van der Waals surface area contributed by atoms with E-state index in [2.05, 4.69) is 102 Å². The van der Waals surface area contributed by atoms with Crippen molar-refractivity contribution in [3.8, 4) is 0 Å². The highest BCUT2D eigenvalue weighted by Crippen LogP contribution is 2.63. The molecule has 1 nitrogen and oxygen atoms in total. The molecular formula is C20H21NS. The summed E-state index contributed by atoms with van der Waals surface area (Å²) in [6.07, 6.45) is 4.48. The van der Waals surface area contributed by atoms with Gasteiger partial charge in [-0.2, -0.15) is 0 Å². The zero-order valence-electron chi connectivity index (χ0n) is 13.0. The van der Waals surface area contributed by atoms with E-state index in [9.17, 15) is 0 Å². The van der Waals surface area contributed by atoms with Gasteiger partial charge in [-0.25, -0.2) is 0 Å². The van der Waals surface area contributed by atoms with Crippen molar-refractivity contribution in [1.82, 2.24) is 4.72 Å². The predicted molar refractivity (Wildman–Crippen MR) is 100 cm³/mol. The smallest absolute Gasteiger partial charge is 0.0127 e. The molecule has 1 aliphatic rings. The van der Waals surface area contributed by atoms with E-state index in [1.54, 1.807) is 0 Å². The van der Waals surface area contributed by atoms with E-state index < -0.39 is 10.2 Å². The van der Waals surface area contributed by atoms with Crippen LogP contribution in [0.15, 0.2) is 83.6 Å². The number of hydrogen-bond donors (Lipinski definition) is 1. The van der Waals surface area contributed by atoms with Crippen LogP contribution in [0.5, 0.6) is 0 Å². The van der Waals surface area contributed by atoms with E-state index in [1.165, 1.54) is 21.6 Å². The van der Waals surface area contributed by atoms with Gasteiger partial charge in [-0.3, -0.25) is 4.72 Å². The van der Waals surface area contributed by atoms with Crippen LogP contribution in [-0.2, 0) is 0 Å². The lowest BCUT2D eigenvalue weighted by atomic mass is 10.1. The molecule has 0 radical (unpaired) electrons. The van der Waals surface area contributed by atoms with Crippen molar-refractivity contribution in [2.45, 2.75) is 6.92 Å². The van der Waals surface area contributed by atoms with E-state index in [0.717, 1.165) is 0 Å². The lowest BCUT2D eigenvalue weighted by molar-refractivity contribution is 1.29. The first-order valence-corrected chi connectivity index (χ1v) is 9.24. The summed E-state index contributed by atoms with van der Waals surface area (Å²) in [5.74, 6) is 0. The van der Waals surface area contributed by atoms with Crippen LogP contribution in [0.3, 0.4) is 0 Å².